The highest BCUT2D eigenvalue weighted by molar-refractivity contribution is 5.63. The third kappa shape index (κ3) is 8.14. The van der Waals surface area contributed by atoms with Gasteiger partial charge in [0.25, 0.3) is 0 Å². The zero-order valence-corrected chi connectivity index (χ0v) is 32.2. The highest BCUT2D eigenvalue weighted by Gasteiger charge is 2.32. The SMILES string of the molecule is CCC1CCC(c2cc3c(c(F)c2F)OC(c2ccc(C)cc2)C=C3)CC1.CCC1CCC(c2cc3c(c(F)c2F)OC(c2ccc(C)cc2)CC3)CC1. The van der Waals surface area contributed by atoms with Crippen LogP contribution in [0.1, 0.15) is 153 Å². The lowest BCUT2D eigenvalue weighted by atomic mass is 9.77. The normalized spacial score (nSPS) is 24.7. The van der Waals surface area contributed by atoms with Gasteiger partial charge in [-0.2, -0.15) is 8.78 Å². The Hall–Kier alpha value is -4.06. The Morgan fingerprint density at radius 2 is 1.06 bits per heavy atom. The van der Waals surface area contributed by atoms with Crippen LogP contribution in [-0.4, -0.2) is 0 Å². The molecule has 0 aromatic heterocycles. The summed E-state index contributed by atoms with van der Waals surface area (Å²) in [7, 11) is 0. The average Bonchev–Trinajstić information content (AvgIpc) is 3.21. The van der Waals surface area contributed by atoms with Crippen molar-refractivity contribution in [3.8, 4) is 11.5 Å². The van der Waals surface area contributed by atoms with Crippen molar-refractivity contribution in [2.75, 3.05) is 0 Å². The van der Waals surface area contributed by atoms with Crippen molar-refractivity contribution in [3.05, 3.63) is 135 Å². The van der Waals surface area contributed by atoms with Crippen molar-refractivity contribution >= 4 is 6.08 Å². The fourth-order valence-corrected chi connectivity index (χ4v) is 9.04. The Bertz CT molecular complexity index is 1930. The molecule has 2 saturated carbocycles. The molecule has 2 aliphatic carbocycles. The predicted octanol–water partition coefficient (Wildman–Crippen LogP) is 14.1. The molecule has 0 N–H and O–H groups in total. The molecule has 0 spiro atoms. The van der Waals surface area contributed by atoms with Crippen LogP contribution in [0.5, 0.6) is 11.5 Å². The van der Waals surface area contributed by atoms with Gasteiger partial charge in [0.05, 0.1) is 0 Å². The molecule has 0 bridgehead atoms. The molecule has 4 aliphatic rings. The van der Waals surface area contributed by atoms with Crippen LogP contribution in [0.4, 0.5) is 17.6 Å². The van der Waals surface area contributed by atoms with E-state index in [1.54, 1.807) is 6.07 Å². The van der Waals surface area contributed by atoms with Gasteiger partial charge >= 0.3 is 0 Å². The van der Waals surface area contributed by atoms with Gasteiger partial charge in [0, 0.05) is 5.56 Å². The molecule has 2 nitrogen and oxygen atoms in total. The van der Waals surface area contributed by atoms with Crippen LogP contribution in [0, 0.1) is 49.0 Å². The number of halogens is 4. The molecule has 0 amide bonds. The second-order valence-corrected chi connectivity index (χ2v) is 16.2. The quantitative estimate of drug-likeness (QED) is 0.183. The zero-order chi connectivity index (χ0) is 37.9. The van der Waals surface area contributed by atoms with Crippen LogP contribution in [0.2, 0.25) is 0 Å². The van der Waals surface area contributed by atoms with Crippen molar-refractivity contribution < 1.29 is 27.0 Å². The van der Waals surface area contributed by atoms with Gasteiger partial charge in [0.2, 0.25) is 11.6 Å². The third-order valence-corrected chi connectivity index (χ3v) is 12.7. The van der Waals surface area contributed by atoms with Crippen molar-refractivity contribution in [3.63, 3.8) is 0 Å². The van der Waals surface area contributed by atoms with Gasteiger partial charge in [0.15, 0.2) is 23.1 Å². The number of benzene rings is 4. The lowest BCUT2D eigenvalue weighted by Crippen LogP contribution is -2.19. The van der Waals surface area contributed by atoms with Crippen molar-refractivity contribution in [1.29, 1.82) is 0 Å². The van der Waals surface area contributed by atoms with E-state index in [4.69, 9.17) is 9.47 Å². The molecule has 4 aromatic carbocycles. The lowest BCUT2D eigenvalue weighted by Gasteiger charge is -2.31. The highest BCUT2D eigenvalue weighted by Crippen LogP contribution is 2.45. The van der Waals surface area contributed by atoms with Crippen molar-refractivity contribution in [2.45, 2.75) is 129 Å². The Balaban J connectivity index is 0.000000167. The van der Waals surface area contributed by atoms with Gasteiger partial charge in [-0.15, -0.1) is 0 Å². The lowest BCUT2D eigenvalue weighted by molar-refractivity contribution is 0.165. The van der Waals surface area contributed by atoms with Gasteiger partial charge in [-0.3, -0.25) is 0 Å². The molecule has 2 heterocycles. The molecule has 0 radical (unpaired) electrons. The van der Waals surface area contributed by atoms with E-state index in [0.29, 0.717) is 16.7 Å². The summed E-state index contributed by atoms with van der Waals surface area (Å²) in [6, 6.07) is 19.7. The van der Waals surface area contributed by atoms with Crippen molar-refractivity contribution in [1.82, 2.24) is 0 Å². The number of rotatable bonds is 6. The standard InChI is InChI=1S/C24H28F2O.C24H26F2O/c2*1-3-16-6-10-17(11-7-16)20-14-19-12-13-21(18-8-4-15(2)5-9-18)27-24(19)23(26)22(20)25/h4-5,8-9,14,16-17,21H,3,6-7,10-13H2,1-2H3;4-5,8-9,12-14,16-17,21H,3,6-7,10-11H2,1-2H3. The Labute approximate surface area is 319 Å². The molecule has 2 atom stereocenters. The van der Waals surface area contributed by atoms with E-state index in [9.17, 15) is 17.6 Å². The van der Waals surface area contributed by atoms with Gasteiger partial charge in [-0.05, 0) is 148 Å². The smallest absolute Gasteiger partial charge is 0.201 e. The molecule has 54 heavy (non-hydrogen) atoms. The molecule has 286 valence electrons. The minimum atomic E-state index is -0.846. The average molecular weight is 739 g/mol. The Morgan fingerprint density at radius 3 is 1.59 bits per heavy atom. The van der Waals surface area contributed by atoms with E-state index in [-0.39, 0.29) is 29.4 Å². The van der Waals surface area contributed by atoms with Crippen LogP contribution in [-0.2, 0) is 6.42 Å². The summed E-state index contributed by atoms with van der Waals surface area (Å²) in [6.07, 6.45) is 15.3. The molecule has 6 heteroatoms. The number of fused-ring (bicyclic) bond motifs is 2. The van der Waals surface area contributed by atoms with Crippen LogP contribution in [0.3, 0.4) is 0 Å². The first-order valence-electron chi connectivity index (χ1n) is 20.3. The molecule has 8 rings (SSSR count). The topological polar surface area (TPSA) is 18.5 Å². The first-order valence-corrected chi connectivity index (χ1v) is 20.3. The number of aryl methyl sites for hydroxylation is 3. The van der Waals surface area contributed by atoms with E-state index in [2.05, 4.69) is 13.8 Å². The van der Waals surface area contributed by atoms with Crippen molar-refractivity contribution in [2.24, 2.45) is 11.8 Å². The maximum atomic E-state index is 14.9. The third-order valence-electron chi connectivity index (χ3n) is 12.7. The van der Waals surface area contributed by atoms with E-state index in [1.165, 1.54) is 18.4 Å². The largest absolute Gasteiger partial charge is 0.482 e. The molecule has 4 aromatic rings. The summed E-state index contributed by atoms with van der Waals surface area (Å²) in [5.74, 6) is -1.20. The summed E-state index contributed by atoms with van der Waals surface area (Å²) in [6.45, 7) is 8.47. The summed E-state index contributed by atoms with van der Waals surface area (Å²) in [5.41, 5.74) is 6.83. The summed E-state index contributed by atoms with van der Waals surface area (Å²) < 4.78 is 71.3. The van der Waals surface area contributed by atoms with Crippen LogP contribution in [0.25, 0.3) is 6.08 Å². The molecule has 2 aliphatic heterocycles. The fourth-order valence-electron chi connectivity index (χ4n) is 9.04. The molecule has 2 unspecified atom stereocenters. The van der Waals surface area contributed by atoms with Gasteiger partial charge < -0.3 is 9.47 Å². The summed E-state index contributed by atoms with van der Waals surface area (Å²) in [4.78, 5) is 0. The van der Waals surface area contributed by atoms with E-state index in [0.717, 1.165) is 98.3 Å². The monoisotopic (exact) mass is 738 g/mol. The molecule has 0 saturated heterocycles. The first-order chi connectivity index (χ1) is 26.1. The van der Waals surface area contributed by atoms with Gasteiger partial charge in [-0.25, -0.2) is 8.78 Å². The first kappa shape index (κ1) is 38.2. The molecule has 2 fully saturated rings. The molecular formula is C48H54F4O2. The Morgan fingerprint density at radius 1 is 0.556 bits per heavy atom. The minimum absolute atomic E-state index is 0.0339. The van der Waals surface area contributed by atoms with E-state index < -0.39 is 29.4 Å². The predicted molar refractivity (Wildman–Crippen MR) is 209 cm³/mol. The highest BCUT2D eigenvalue weighted by atomic mass is 19.2. The summed E-state index contributed by atoms with van der Waals surface area (Å²) >= 11 is 0. The second-order valence-electron chi connectivity index (χ2n) is 16.2. The molecular weight excluding hydrogens is 685 g/mol. The number of hydrogen-bond donors (Lipinski definition) is 0. The van der Waals surface area contributed by atoms with Crippen LogP contribution in [0.15, 0.2) is 66.7 Å². The van der Waals surface area contributed by atoms with E-state index >= 15 is 0 Å². The minimum Gasteiger partial charge on any atom is -0.482 e. The number of hydrogen-bond acceptors (Lipinski definition) is 2. The number of ether oxygens (including phenoxy) is 2. The van der Waals surface area contributed by atoms with Crippen LogP contribution >= 0.6 is 0 Å². The van der Waals surface area contributed by atoms with Gasteiger partial charge in [0.1, 0.15) is 12.2 Å². The maximum absolute atomic E-state index is 14.9. The van der Waals surface area contributed by atoms with E-state index in [1.807, 2.05) is 80.6 Å². The summed E-state index contributed by atoms with van der Waals surface area (Å²) in [5, 5.41) is 0. The van der Waals surface area contributed by atoms with Gasteiger partial charge in [-0.1, -0.05) is 92.4 Å². The second kappa shape index (κ2) is 16.8. The zero-order valence-electron chi connectivity index (χ0n) is 32.2. The fraction of sp³-hybridized carbons (Fsp3) is 0.458. The maximum Gasteiger partial charge on any atom is 0.201 e. The van der Waals surface area contributed by atoms with Crippen LogP contribution < -0.4 is 9.47 Å². The Kier molecular flexibility index (Phi) is 11.9.